The van der Waals surface area contributed by atoms with Crippen molar-refractivity contribution in [3.63, 3.8) is 0 Å². The van der Waals surface area contributed by atoms with Gasteiger partial charge in [0.1, 0.15) is 42.0 Å². The van der Waals surface area contributed by atoms with Crippen molar-refractivity contribution >= 4 is 5.97 Å². The van der Waals surface area contributed by atoms with Crippen LogP contribution in [0.15, 0.2) is 76.0 Å². The number of fused-ring (bicyclic) bond motifs is 2. The van der Waals surface area contributed by atoms with Crippen LogP contribution in [-0.2, 0) is 39.0 Å². The van der Waals surface area contributed by atoms with Crippen molar-refractivity contribution in [1.29, 1.82) is 0 Å². The van der Waals surface area contributed by atoms with Crippen LogP contribution in [-0.4, -0.2) is 34.3 Å². The summed E-state index contributed by atoms with van der Waals surface area (Å²) in [4.78, 5) is 16.7. The molecule has 0 bridgehead atoms. The van der Waals surface area contributed by atoms with Gasteiger partial charge in [-0.3, -0.25) is 9.80 Å². The Bertz CT molecular complexity index is 1870. The minimum atomic E-state index is -0.889. The summed E-state index contributed by atoms with van der Waals surface area (Å²) in [6, 6.07) is 18.8. The van der Waals surface area contributed by atoms with Crippen LogP contribution >= 0.6 is 0 Å². The van der Waals surface area contributed by atoms with Gasteiger partial charge in [0, 0.05) is 24.2 Å². The van der Waals surface area contributed by atoms with Gasteiger partial charge in [-0.05, 0) is 73.1 Å². The molecule has 2 aromatic heterocycles. The quantitative estimate of drug-likeness (QED) is 0.0457. The number of hydrogen-bond donors (Lipinski definition) is 1. The van der Waals surface area contributed by atoms with Gasteiger partial charge in [-0.2, -0.15) is 0 Å². The molecule has 8 heteroatoms. The van der Waals surface area contributed by atoms with E-state index in [2.05, 4.69) is 41.0 Å². The van der Waals surface area contributed by atoms with Gasteiger partial charge in [-0.1, -0.05) is 185 Å². The van der Waals surface area contributed by atoms with Crippen LogP contribution in [0.2, 0.25) is 0 Å². The summed E-state index contributed by atoms with van der Waals surface area (Å²) in [7, 11) is 0. The van der Waals surface area contributed by atoms with Crippen LogP contribution < -0.4 is 9.47 Å². The summed E-state index contributed by atoms with van der Waals surface area (Å²) in [5.74, 6) is 3.46. The Morgan fingerprint density at radius 3 is 1.63 bits per heavy atom. The van der Waals surface area contributed by atoms with E-state index in [-0.39, 0.29) is 0 Å². The Morgan fingerprint density at radius 1 is 0.569 bits per heavy atom. The third-order valence-corrected chi connectivity index (χ3v) is 14.0. The number of hydrogen-bond acceptors (Lipinski definition) is 7. The largest absolute Gasteiger partial charge is 0.478 e. The lowest BCUT2D eigenvalue weighted by Crippen LogP contribution is -2.32. The number of carboxylic acid groups (broad SMARTS) is 1. The fraction of sp³-hybridized carbons (Fsp3) is 0.632. The maximum Gasteiger partial charge on any atom is 0.339 e. The number of ether oxygens (including phenoxy) is 2. The molecule has 0 radical (unpaired) electrons. The predicted octanol–water partition coefficient (Wildman–Crippen LogP) is 15.8. The molecule has 0 fully saturated rings. The zero-order chi connectivity index (χ0) is 45.2. The normalized spacial score (nSPS) is 14.5. The zero-order valence-corrected chi connectivity index (χ0v) is 40.4. The van der Waals surface area contributed by atoms with E-state index in [9.17, 15) is 9.90 Å². The van der Waals surface area contributed by atoms with Crippen LogP contribution in [0.25, 0.3) is 0 Å². The van der Waals surface area contributed by atoms with E-state index in [0.717, 1.165) is 73.1 Å². The average Bonchev–Trinajstić information content (AvgIpc) is 4.04. The van der Waals surface area contributed by atoms with Gasteiger partial charge in [0.05, 0.1) is 25.6 Å². The van der Waals surface area contributed by atoms with E-state index >= 15 is 0 Å². The van der Waals surface area contributed by atoms with Crippen molar-refractivity contribution < 1.29 is 28.2 Å². The highest BCUT2D eigenvalue weighted by Crippen LogP contribution is 2.34. The van der Waals surface area contributed by atoms with Crippen molar-refractivity contribution in [2.45, 2.75) is 213 Å². The number of nitrogens with zero attached hydrogens (tertiary/aromatic N) is 2. The fourth-order valence-electron chi connectivity index (χ4n) is 10.2. The minimum Gasteiger partial charge on any atom is -0.478 e. The highest BCUT2D eigenvalue weighted by atomic mass is 16.5. The number of unbranched alkanes of at least 4 members (excludes halogenated alkanes) is 20. The Hall–Kier alpha value is -4.01. The van der Waals surface area contributed by atoms with Crippen LogP contribution in [0.5, 0.6) is 11.5 Å². The maximum absolute atomic E-state index is 12.3. The monoisotopic (exact) mass is 893 g/mol. The van der Waals surface area contributed by atoms with Crippen LogP contribution in [0.3, 0.4) is 0 Å². The molecule has 2 aliphatic heterocycles. The third-order valence-electron chi connectivity index (χ3n) is 14.0. The predicted molar refractivity (Wildman–Crippen MR) is 263 cm³/mol. The molecule has 0 amide bonds. The van der Waals surface area contributed by atoms with Gasteiger partial charge in [0.2, 0.25) is 0 Å². The van der Waals surface area contributed by atoms with Crippen molar-refractivity contribution in [1.82, 2.24) is 9.80 Å². The number of furan rings is 2. The summed E-state index contributed by atoms with van der Waals surface area (Å²) in [6.45, 7) is 6.27. The van der Waals surface area contributed by atoms with Crippen LogP contribution in [0.1, 0.15) is 218 Å². The van der Waals surface area contributed by atoms with Gasteiger partial charge in [0.15, 0.2) is 0 Å². The molecule has 1 N–H and O–H groups in total. The molecule has 1 unspecified atom stereocenters. The first kappa shape index (κ1) is 50.4. The molecule has 0 aliphatic carbocycles. The zero-order valence-electron chi connectivity index (χ0n) is 40.4. The maximum atomic E-state index is 12.3. The Kier molecular flexibility index (Phi) is 22.9. The molecular weight excluding hydrogens is 809 g/mol. The molecule has 6 rings (SSSR count). The molecule has 358 valence electrons. The minimum absolute atomic E-state index is 0.355. The Labute approximate surface area is 392 Å². The highest BCUT2D eigenvalue weighted by Gasteiger charge is 2.26. The van der Waals surface area contributed by atoms with E-state index < -0.39 is 5.97 Å². The lowest BCUT2D eigenvalue weighted by molar-refractivity contribution is 0.0646. The van der Waals surface area contributed by atoms with Gasteiger partial charge < -0.3 is 23.4 Å². The molecule has 4 aromatic rings. The summed E-state index contributed by atoms with van der Waals surface area (Å²) < 4.78 is 23.3. The van der Waals surface area contributed by atoms with E-state index in [1.54, 1.807) is 12.5 Å². The fourth-order valence-corrected chi connectivity index (χ4v) is 10.2. The first-order chi connectivity index (χ1) is 32.1. The number of rotatable bonds is 35. The number of carboxylic acids is 1. The molecule has 2 aliphatic rings. The topological polar surface area (TPSA) is 88.5 Å². The highest BCUT2D eigenvalue weighted by molar-refractivity contribution is 5.93. The number of aryl methyl sites for hydroxylation is 2. The van der Waals surface area contributed by atoms with Crippen molar-refractivity contribution in [3.8, 4) is 11.5 Å². The van der Waals surface area contributed by atoms with Gasteiger partial charge in [0.25, 0.3) is 0 Å². The first-order valence-electron chi connectivity index (χ1n) is 26.3. The second-order valence-electron chi connectivity index (χ2n) is 19.5. The van der Waals surface area contributed by atoms with E-state index in [1.165, 1.54) is 165 Å². The van der Waals surface area contributed by atoms with Crippen molar-refractivity contribution in [2.24, 2.45) is 5.92 Å². The Morgan fingerprint density at radius 2 is 1.08 bits per heavy atom. The summed E-state index contributed by atoms with van der Waals surface area (Å²) in [5.41, 5.74) is 4.89. The van der Waals surface area contributed by atoms with E-state index in [4.69, 9.17) is 18.3 Å². The van der Waals surface area contributed by atoms with Crippen molar-refractivity contribution in [3.05, 3.63) is 106 Å². The van der Waals surface area contributed by atoms with Crippen LogP contribution in [0.4, 0.5) is 0 Å². The van der Waals surface area contributed by atoms with Gasteiger partial charge in [-0.15, -0.1) is 0 Å². The number of aromatic carboxylic acids is 1. The second kappa shape index (κ2) is 29.6. The molecule has 0 spiro atoms. The Balaban J connectivity index is 0.789. The summed E-state index contributed by atoms with van der Waals surface area (Å²) in [5, 5.41) is 10.1. The first-order valence-corrected chi connectivity index (χ1v) is 26.3. The molecular formula is C57H84N2O6. The van der Waals surface area contributed by atoms with Gasteiger partial charge in [-0.25, -0.2) is 4.79 Å². The summed E-state index contributed by atoms with van der Waals surface area (Å²) in [6.07, 6.45) is 40.5. The molecule has 8 nitrogen and oxygen atoms in total. The lowest BCUT2D eigenvalue weighted by Gasteiger charge is -2.29. The summed E-state index contributed by atoms with van der Waals surface area (Å²) >= 11 is 0. The second-order valence-corrected chi connectivity index (χ2v) is 19.5. The van der Waals surface area contributed by atoms with E-state index in [0.29, 0.717) is 37.9 Å². The van der Waals surface area contributed by atoms with Crippen molar-refractivity contribution in [2.75, 3.05) is 13.5 Å². The molecule has 4 heterocycles. The molecule has 2 aromatic carbocycles. The van der Waals surface area contributed by atoms with E-state index in [1.807, 2.05) is 30.3 Å². The number of benzene rings is 2. The number of carbonyl (C=O) groups is 1. The molecule has 0 saturated heterocycles. The third kappa shape index (κ3) is 18.3. The average molecular weight is 893 g/mol. The van der Waals surface area contributed by atoms with Crippen LogP contribution in [0, 0.1) is 5.92 Å². The van der Waals surface area contributed by atoms with Gasteiger partial charge >= 0.3 is 5.97 Å². The molecule has 65 heavy (non-hydrogen) atoms. The molecule has 1 atom stereocenters. The SMILES string of the molecule is CCCCCCCCCCCC(CCCCCCCCCCCCCCCc1ccc2c(c1C(=O)O)OCN(Cc1ccco1)C2)CCCc1ccc2c(c1)OCN(Cc1ccco1)C2. The lowest BCUT2D eigenvalue weighted by atomic mass is 9.89. The molecule has 0 saturated carbocycles. The smallest absolute Gasteiger partial charge is 0.339 e. The standard InChI is InChI=1S/C57H84N2O6/c1-2-3-4-5-6-12-15-18-21-27-47(29-24-30-48-34-35-50-41-58(45-64-54(50)40-48)43-52-32-25-38-62-52)28-22-19-16-13-10-8-7-9-11-14-17-20-23-31-49-36-37-51-42-59(44-53-33-26-39-63-53)46-65-56(51)55(49)57(60)61/h25-26,32-40,47H,2-24,27-31,41-46H2,1H3,(H,60,61).